The van der Waals surface area contributed by atoms with Gasteiger partial charge < -0.3 is 0 Å². The van der Waals surface area contributed by atoms with E-state index in [1.807, 2.05) is 5.57 Å². The molecule has 0 N–H and O–H groups in total. The lowest BCUT2D eigenvalue weighted by Crippen LogP contribution is -2.17. The van der Waals surface area contributed by atoms with Gasteiger partial charge in [0.15, 0.2) is 0 Å². The summed E-state index contributed by atoms with van der Waals surface area (Å²) in [5.74, 6) is 2.79. The first-order chi connectivity index (χ1) is 8.55. The topological polar surface area (TPSA) is 0 Å². The largest absolute Gasteiger partial charge is 0.0707 e. The van der Waals surface area contributed by atoms with Gasteiger partial charge in [0.05, 0.1) is 0 Å². The highest BCUT2D eigenvalue weighted by atomic mass is 14.6. The van der Waals surface area contributed by atoms with Gasteiger partial charge in [0, 0.05) is 0 Å². The predicted octanol–water partition coefficient (Wildman–Crippen LogP) is 5.98. The van der Waals surface area contributed by atoms with Crippen molar-refractivity contribution in [1.82, 2.24) is 0 Å². The van der Waals surface area contributed by atoms with Gasteiger partial charge in [0.1, 0.15) is 0 Å². The molecule has 2 aliphatic carbocycles. The number of hydrogen-bond donors (Lipinski definition) is 0. The summed E-state index contributed by atoms with van der Waals surface area (Å²) in [4.78, 5) is 0. The molecular weight excluding hydrogens is 216 g/mol. The Bertz CT molecular complexity index is 325. The number of allylic oxidation sites excluding steroid dienone is 2. The molecule has 0 aromatic carbocycles. The fourth-order valence-corrected chi connectivity index (χ4v) is 4.61. The minimum Gasteiger partial charge on any atom is -0.0707 e. The van der Waals surface area contributed by atoms with Crippen molar-refractivity contribution in [2.75, 3.05) is 0 Å². The second-order valence-corrected chi connectivity index (χ2v) is 7.15. The molecule has 0 spiro atoms. The lowest BCUT2D eigenvalue weighted by Gasteiger charge is -2.27. The molecule has 0 saturated heterocycles. The molecule has 4 atom stereocenters. The molecule has 2 saturated carbocycles. The van der Waals surface area contributed by atoms with Crippen LogP contribution < -0.4 is 0 Å². The van der Waals surface area contributed by atoms with Crippen molar-refractivity contribution in [3.63, 3.8) is 0 Å². The van der Waals surface area contributed by atoms with Crippen LogP contribution >= 0.6 is 0 Å². The van der Waals surface area contributed by atoms with Gasteiger partial charge in [0.2, 0.25) is 0 Å². The van der Waals surface area contributed by atoms with Gasteiger partial charge in [-0.1, -0.05) is 51.7 Å². The van der Waals surface area contributed by atoms with Crippen LogP contribution in [-0.4, -0.2) is 0 Å². The summed E-state index contributed by atoms with van der Waals surface area (Å²) in [5, 5.41) is 0. The quantitative estimate of drug-likeness (QED) is 0.525. The summed E-state index contributed by atoms with van der Waals surface area (Å²) in [6.07, 6.45) is 9.90. The summed E-state index contributed by atoms with van der Waals surface area (Å²) in [5.41, 5.74) is 4.27. The first kappa shape index (κ1) is 14.2. The normalized spacial score (nSPS) is 39.8. The van der Waals surface area contributed by atoms with Crippen LogP contribution in [-0.2, 0) is 0 Å². The molecule has 0 radical (unpaired) electrons. The van der Waals surface area contributed by atoms with E-state index in [4.69, 9.17) is 0 Å². The molecule has 0 heterocycles. The maximum Gasteiger partial charge on any atom is -0.0172 e. The molecule has 18 heavy (non-hydrogen) atoms. The summed E-state index contributed by atoms with van der Waals surface area (Å²) in [6.45, 7) is 12.1. The van der Waals surface area contributed by atoms with Crippen LogP contribution in [0.5, 0.6) is 0 Å². The molecule has 0 heteroatoms. The summed E-state index contributed by atoms with van der Waals surface area (Å²) >= 11 is 0. The van der Waals surface area contributed by atoms with E-state index >= 15 is 0 Å². The monoisotopic (exact) mass is 248 g/mol. The Hall–Kier alpha value is -0.260. The van der Waals surface area contributed by atoms with E-state index in [1.54, 1.807) is 5.57 Å². The van der Waals surface area contributed by atoms with Crippen molar-refractivity contribution < 1.29 is 0 Å². The zero-order valence-electron chi connectivity index (χ0n) is 13.2. The second-order valence-electron chi connectivity index (χ2n) is 7.15. The molecule has 0 aliphatic heterocycles. The maximum absolute atomic E-state index is 2.52. The van der Waals surface area contributed by atoms with E-state index in [0.717, 1.165) is 17.8 Å². The third-order valence-corrected chi connectivity index (χ3v) is 6.09. The van der Waals surface area contributed by atoms with Gasteiger partial charge in [-0.25, -0.2) is 0 Å². The van der Waals surface area contributed by atoms with Crippen LogP contribution in [0.2, 0.25) is 0 Å². The molecule has 104 valence electrons. The molecular formula is C18H32. The number of rotatable bonds is 5. The molecule has 4 unspecified atom stereocenters. The van der Waals surface area contributed by atoms with Crippen LogP contribution in [0.4, 0.5) is 0 Å². The minimum absolute atomic E-state index is 0.687. The molecule has 0 bridgehead atoms. The van der Waals surface area contributed by atoms with E-state index in [2.05, 4.69) is 34.6 Å². The Labute approximate surface area is 114 Å². The van der Waals surface area contributed by atoms with E-state index in [0.29, 0.717) is 5.41 Å². The Morgan fingerprint density at radius 1 is 1.39 bits per heavy atom. The van der Waals surface area contributed by atoms with Gasteiger partial charge in [-0.2, -0.15) is 0 Å². The van der Waals surface area contributed by atoms with Crippen molar-refractivity contribution in [2.24, 2.45) is 23.2 Å². The molecule has 2 fully saturated rings. The van der Waals surface area contributed by atoms with Crippen LogP contribution in [0.15, 0.2) is 11.1 Å². The third-order valence-electron chi connectivity index (χ3n) is 6.09. The van der Waals surface area contributed by atoms with Crippen LogP contribution in [0.25, 0.3) is 0 Å². The standard InChI is InChI=1S/C18H32/c1-6-10-18(12-17(18)7-2)15(5)14(4)16-9-8-13(3)11-16/h13,15,17H,6-12H2,1-5H3. The van der Waals surface area contributed by atoms with Gasteiger partial charge in [-0.05, 0) is 62.2 Å². The summed E-state index contributed by atoms with van der Waals surface area (Å²) in [6, 6.07) is 0. The lowest BCUT2D eigenvalue weighted by molar-refractivity contribution is 0.307. The average Bonchev–Trinajstić information content (AvgIpc) is 2.91. The first-order valence-corrected chi connectivity index (χ1v) is 8.23. The molecule has 2 rings (SSSR count). The van der Waals surface area contributed by atoms with Crippen molar-refractivity contribution in [1.29, 1.82) is 0 Å². The number of hydrogen-bond acceptors (Lipinski definition) is 0. The molecule has 0 aromatic rings. The van der Waals surface area contributed by atoms with Gasteiger partial charge in [-0.3, -0.25) is 0 Å². The predicted molar refractivity (Wildman–Crippen MR) is 80.6 cm³/mol. The van der Waals surface area contributed by atoms with E-state index in [1.165, 1.54) is 44.9 Å². The molecule has 0 amide bonds. The van der Waals surface area contributed by atoms with Crippen molar-refractivity contribution in [3.8, 4) is 0 Å². The van der Waals surface area contributed by atoms with E-state index < -0.39 is 0 Å². The van der Waals surface area contributed by atoms with Gasteiger partial charge >= 0.3 is 0 Å². The maximum atomic E-state index is 2.52. The highest BCUT2D eigenvalue weighted by molar-refractivity contribution is 5.23. The van der Waals surface area contributed by atoms with Crippen LogP contribution in [0, 0.1) is 23.2 Å². The highest BCUT2D eigenvalue weighted by Crippen LogP contribution is 2.64. The first-order valence-electron chi connectivity index (χ1n) is 8.23. The summed E-state index contributed by atoms with van der Waals surface area (Å²) in [7, 11) is 0. The highest BCUT2D eigenvalue weighted by Gasteiger charge is 2.55. The van der Waals surface area contributed by atoms with Crippen LogP contribution in [0.1, 0.15) is 79.6 Å². The van der Waals surface area contributed by atoms with Crippen molar-refractivity contribution >= 4 is 0 Å². The molecule has 2 aliphatic rings. The Morgan fingerprint density at radius 3 is 2.56 bits per heavy atom. The lowest BCUT2D eigenvalue weighted by atomic mass is 9.78. The average molecular weight is 248 g/mol. The molecule has 0 aromatic heterocycles. The van der Waals surface area contributed by atoms with Gasteiger partial charge in [0.25, 0.3) is 0 Å². The smallest absolute Gasteiger partial charge is 0.0172 e. The minimum atomic E-state index is 0.687. The van der Waals surface area contributed by atoms with Gasteiger partial charge in [-0.15, -0.1) is 0 Å². The Balaban J connectivity index is 2.12. The van der Waals surface area contributed by atoms with E-state index in [9.17, 15) is 0 Å². The Morgan fingerprint density at radius 2 is 2.11 bits per heavy atom. The fraction of sp³-hybridized carbons (Fsp3) is 0.889. The van der Waals surface area contributed by atoms with E-state index in [-0.39, 0.29) is 0 Å². The zero-order chi connectivity index (χ0) is 13.3. The Kier molecular flexibility index (Phi) is 4.24. The third kappa shape index (κ3) is 2.40. The molecule has 0 nitrogen and oxygen atoms in total. The zero-order valence-corrected chi connectivity index (χ0v) is 13.2. The SMILES string of the molecule is CCCC1(C(C)C(C)=C2CCC(C)C2)CC1CC. The van der Waals surface area contributed by atoms with Crippen molar-refractivity contribution in [3.05, 3.63) is 11.1 Å². The second kappa shape index (κ2) is 5.39. The fourth-order valence-electron chi connectivity index (χ4n) is 4.61. The van der Waals surface area contributed by atoms with Crippen LogP contribution in [0.3, 0.4) is 0 Å². The van der Waals surface area contributed by atoms with Crippen molar-refractivity contribution in [2.45, 2.75) is 79.6 Å². The summed E-state index contributed by atoms with van der Waals surface area (Å²) < 4.78 is 0.